The molecular weight excluding hydrogens is 252 g/mol. The first-order valence-electron chi connectivity index (χ1n) is 6.26. The highest BCUT2D eigenvalue weighted by molar-refractivity contribution is 7.99. The molecular formula is C12H24N2O3S. The van der Waals surface area contributed by atoms with Gasteiger partial charge in [0.15, 0.2) is 0 Å². The molecule has 0 aliphatic heterocycles. The number of urea groups is 1. The van der Waals surface area contributed by atoms with Gasteiger partial charge in [0.05, 0.1) is 0 Å². The van der Waals surface area contributed by atoms with Crippen LogP contribution in [0.1, 0.15) is 34.1 Å². The van der Waals surface area contributed by atoms with Crippen LogP contribution in [-0.4, -0.2) is 40.7 Å². The Morgan fingerprint density at radius 2 is 1.83 bits per heavy atom. The average molecular weight is 276 g/mol. The Kier molecular flexibility index (Phi) is 8.62. The fraction of sp³-hybridized carbons (Fsp3) is 0.833. The van der Waals surface area contributed by atoms with Crippen molar-refractivity contribution in [1.29, 1.82) is 0 Å². The summed E-state index contributed by atoms with van der Waals surface area (Å²) in [4.78, 5) is 22.5. The fourth-order valence-corrected chi connectivity index (χ4v) is 2.21. The van der Waals surface area contributed by atoms with E-state index in [0.717, 1.165) is 17.9 Å². The van der Waals surface area contributed by atoms with Crippen LogP contribution < -0.4 is 10.6 Å². The lowest BCUT2D eigenvalue weighted by molar-refractivity contribution is -0.140. The number of carboxylic acids is 1. The molecule has 0 radical (unpaired) electrons. The molecule has 1 unspecified atom stereocenters. The Bertz CT molecular complexity index is 272. The van der Waals surface area contributed by atoms with Crippen LogP contribution in [0.25, 0.3) is 0 Å². The third kappa shape index (κ3) is 7.42. The van der Waals surface area contributed by atoms with Gasteiger partial charge in [-0.25, -0.2) is 9.59 Å². The standard InChI is InChI=1S/C12H24N2O3S/c1-5-18-7-6-9(4)13-12(17)14-10(8(2)3)11(15)16/h8-10H,5-7H2,1-4H3,(H,15,16)(H2,13,14,17)/t9?,10-/m0/s1. The Morgan fingerprint density at radius 3 is 2.28 bits per heavy atom. The van der Waals surface area contributed by atoms with Crippen LogP contribution in [0.2, 0.25) is 0 Å². The monoisotopic (exact) mass is 276 g/mol. The second-order valence-electron chi connectivity index (χ2n) is 4.56. The second-order valence-corrected chi connectivity index (χ2v) is 5.96. The summed E-state index contributed by atoms with van der Waals surface area (Å²) in [6.45, 7) is 7.54. The minimum absolute atomic E-state index is 0.0469. The predicted molar refractivity (Wildman–Crippen MR) is 75.0 cm³/mol. The van der Waals surface area contributed by atoms with Gasteiger partial charge in [-0.05, 0) is 30.8 Å². The topological polar surface area (TPSA) is 78.4 Å². The van der Waals surface area contributed by atoms with E-state index >= 15 is 0 Å². The van der Waals surface area contributed by atoms with E-state index in [1.165, 1.54) is 0 Å². The molecule has 0 aliphatic rings. The highest BCUT2D eigenvalue weighted by Crippen LogP contribution is 2.04. The zero-order chi connectivity index (χ0) is 14.1. The second kappa shape index (κ2) is 9.08. The Labute approximate surface area is 113 Å². The lowest BCUT2D eigenvalue weighted by Crippen LogP contribution is -2.50. The maximum atomic E-state index is 11.6. The van der Waals surface area contributed by atoms with Crippen molar-refractivity contribution in [1.82, 2.24) is 10.6 Å². The van der Waals surface area contributed by atoms with Gasteiger partial charge in [0.1, 0.15) is 6.04 Å². The zero-order valence-electron chi connectivity index (χ0n) is 11.5. The van der Waals surface area contributed by atoms with Crippen molar-refractivity contribution in [2.45, 2.75) is 46.2 Å². The van der Waals surface area contributed by atoms with Gasteiger partial charge in [-0.3, -0.25) is 0 Å². The van der Waals surface area contributed by atoms with Gasteiger partial charge in [-0.15, -0.1) is 0 Å². The van der Waals surface area contributed by atoms with Crippen molar-refractivity contribution in [2.24, 2.45) is 5.92 Å². The molecule has 6 heteroatoms. The van der Waals surface area contributed by atoms with E-state index in [-0.39, 0.29) is 12.0 Å². The Balaban J connectivity index is 4.04. The maximum absolute atomic E-state index is 11.6. The average Bonchev–Trinajstić information content (AvgIpc) is 2.25. The van der Waals surface area contributed by atoms with Crippen LogP contribution in [-0.2, 0) is 4.79 Å². The van der Waals surface area contributed by atoms with Crippen molar-refractivity contribution in [3.63, 3.8) is 0 Å². The zero-order valence-corrected chi connectivity index (χ0v) is 12.3. The normalized spacial score (nSPS) is 14.1. The van der Waals surface area contributed by atoms with E-state index in [4.69, 9.17) is 5.11 Å². The molecule has 0 saturated heterocycles. The molecule has 0 fully saturated rings. The molecule has 0 saturated carbocycles. The third-order valence-electron chi connectivity index (χ3n) is 2.50. The van der Waals surface area contributed by atoms with E-state index in [1.807, 2.05) is 18.7 Å². The summed E-state index contributed by atoms with van der Waals surface area (Å²) in [5.74, 6) is 0.909. The van der Waals surface area contributed by atoms with E-state index in [1.54, 1.807) is 13.8 Å². The first-order valence-corrected chi connectivity index (χ1v) is 7.41. The molecule has 0 heterocycles. The summed E-state index contributed by atoms with van der Waals surface area (Å²) < 4.78 is 0. The number of nitrogens with one attached hydrogen (secondary N) is 2. The highest BCUT2D eigenvalue weighted by Gasteiger charge is 2.23. The Morgan fingerprint density at radius 1 is 1.22 bits per heavy atom. The van der Waals surface area contributed by atoms with Crippen LogP contribution >= 0.6 is 11.8 Å². The van der Waals surface area contributed by atoms with E-state index in [2.05, 4.69) is 17.6 Å². The maximum Gasteiger partial charge on any atom is 0.326 e. The molecule has 0 aromatic rings. The number of carboxylic acid groups (broad SMARTS) is 1. The molecule has 0 aliphatic carbocycles. The van der Waals surface area contributed by atoms with E-state index in [0.29, 0.717) is 0 Å². The van der Waals surface area contributed by atoms with Gasteiger partial charge in [-0.1, -0.05) is 20.8 Å². The number of carbonyl (C=O) groups is 2. The summed E-state index contributed by atoms with van der Waals surface area (Å²) in [6.07, 6.45) is 0.880. The van der Waals surface area contributed by atoms with Crippen molar-refractivity contribution >= 4 is 23.8 Å². The number of hydrogen-bond donors (Lipinski definition) is 3. The van der Waals surface area contributed by atoms with E-state index < -0.39 is 18.0 Å². The van der Waals surface area contributed by atoms with Crippen LogP contribution in [0.15, 0.2) is 0 Å². The van der Waals surface area contributed by atoms with Crippen molar-refractivity contribution in [3.8, 4) is 0 Å². The summed E-state index contributed by atoms with van der Waals surface area (Å²) in [5, 5.41) is 14.2. The fourth-order valence-electron chi connectivity index (χ4n) is 1.40. The lowest BCUT2D eigenvalue weighted by Gasteiger charge is -2.20. The molecule has 3 N–H and O–H groups in total. The first-order chi connectivity index (χ1) is 8.38. The molecule has 0 spiro atoms. The summed E-state index contributed by atoms with van der Waals surface area (Å²) >= 11 is 1.82. The molecule has 0 aromatic carbocycles. The minimum Gasteiger partial charge on any atom is -0.480 e. The number of thioether (sulfide) groups is 1. The molecule has 106 valence electrons. The minimum atomic E-state index is -1.01. The Hall–Kier alpha value is -0.910. The van der Waals surface area contributed by atoms with E-state index in [9.17, 15) is 9.59 Å². The predicted octanol–water partition coefficient (Wildman–Crippen LogP) is 1.93. The summed E-state index contributed by atoms with van der Waals surface area (Å²) in [5.41, 5.74) is 0. The van der Waals surface area contributed by atoms with Gasteiger partial charge in [-0.2, -0.15) is 11.8 Å². The number of aliphatic carboxylic acids is 1. The molecule has 2 atom stereocenters. The summed E-state index contributed by atoms with van der Waals surface area (Å²) in [7, 11) is 0. The van der Waals surface area contributed by atoms with Crippen LogP contribution in [0, 0.1) is 5.92 Å². The quantitative estimate of drug-likeness (QED) is 0.592. The molecule has 2 amide bonds. The molecule has 5 nitrogen and oxygen atoms in total. The van der Waals surface area contributed by atoms with Crippen molar-refractivity contribution < 1.29 is 14.7 Å². The molecule has 0 aromatic heterocycles. The number of carbonyl (C=O) groups excluding carboxylic acids is 1. The number of rotatable bonds is 8. The van der Waals surface area contributed by atoms with Gasteiger partial charge >= 0.3 is 12.0 Å². The van der Waals surface area contributed by atoms with Crippen molar-refractivity contribution in [3.05, 3.63) is 0 Å². The number of hydrogen-bond acceptors (Lipinski definition) is 3. The molecule has 18 heavy (non-hydrogen) atoms. The van der Waals surface area contributed by atoms with Gasteiger partial charge in [0, 0.05) is 6.04 Å². The van der Waals surface area contributed by atoms with Crippen LogP contribution in [0.3, 0.4) is 0 Å². The number of amides is 2. The van der Waals surface area contributed by atoms with Gasteiger partial charge < -0.3 is 15.7 Å². The highest BCUT2D eigenvalue weighted by atomic mass is 32.2. The smallest absolute Gasteiger partial charge is 0.326 e. The largest absolute Gasteiger partial charge is 0.480 e. The van der Waals surface area contributed by atoms with Crippen LogP contribution in [0.5, 0.6) is 0 Å². The van der Waals surface area contributed by atoms with Gasteiger partial charge in [0.25, 0.3) is 0 Å². The SMILES string of the molecule is CCSCCC(C)NC(=O)N[C@H](C(=O)O)C(C)C. The summed E-state index contributed by atoms with van der Waals surface area (Å²) in [6, 6.07) is -1.21. The van der Waals surface area contributed by atoms with Crippen molar-refractivity contribution in [2.75, 3.05) is 11.5 Å². The molecule has 0 rings (SSSR count). The molecule has 0 bridgehead atoms. The third-order valence-corrected chi connectivity index (χ3v) is 3.43. The first kappa shape index (κ1) is 17.1. The van der Waals surface area contributed by atoms with Gasteiger partial charge in [0.2, 0.25) is 0 Å². The van der Waals surface area contributed by atoms with Crippen LogP contribution in [0.4, 0.5) is 4.79 Å². The lowest BCUT2D eigenvalue weighted by atomic mass is 10.1.